The Morgan fingerprint density at radius 2 is 2.05 bits per heavy atom. The molecule has 0 atom stereocenters. The minimum atomic E-state index is 0.0946. The van der Waals surface area contributed by atoms with Crippen LogP contribution in [0.5, 0.6) is 0 Å². The normalized spacial score (nSPS) is 15.4. The zero-order chi connectivity index (χ0) is 14.8. The lowest BCUT2D eigenvalue weighted by atomic mass is 10.0. The largest absolute Gasteiger partial charge is 0.311 e. The fraction of sp³-hybridized carbons (Fsp3) is 0.294. The number of hydrogen-bond donors (Lipinski definition) is 0. The molecule has 0 radical (unpaired) electrons. The second-order valence-electron chi connectivity index (χ2n) is 5.47. The highest BCUT2D eigenvalue weighted by Crippen LogP contribution is 2.29. The second kappa shape index (κ2) is 5.66. The first kappa shape index (κ1) is 13.8. The van der Waals surface area contributed by atoms with E-state index < -0.39 is 0 Å². The van der Waals surface area contributed by atoms with E-state index in [4.69, 9.17) is 0 Å². The van der Waals surface area contributed by atoms with Gasteiger partial charge in [0.2, 0.25) is 5.91 Å². The standard InChI is InChI=1S/C17H19N3O/c1-13(21)20-10-9-19(2)12-15-11-14(6-7-17(15)20)16-5-3-4-8-18-16/h3-8,11H,9-10,12H2,1-2H3. The smallest absolute Gasteiger partial charge is 0.223 e. The van der Waals surface area contributed by atoms with E-state index in [-0.39, 0.29) is 5.91 Å². The van der Waals surface area contributed by atoms with Gasteiger partial charge < -0.3 is 9.80 Å². The van der Waals surface area contributed by atoms with Crippen LogP contribution in [0.2, 0.25) is 0 Å². The highest BCUT2D eigenvalue weighted by Gasteiger charge is 2.21. The molecule has 0 saturated heterocycles. The minimum Gasteiger partial charge on any atom is -0.311 e. The summed E-state index contributed by atoms with van der Waals surface area (Å²) in [5, 5.41) is 0. The average Bonchev–Trinajstić information content (AvgIpc) is 2.65. The molecule has 0 N–H and O–H groups in total. The number of rotatable bonds is 1. The van der Waals surface area contributed by atoms with Crippen molar-refractivity contribution in [3.8, 4) is 11.3 Å². The van der Waals surface area contributed by atoms with Crippen LogP contribution in [0.4, 0.5) is 5.69 Å². The zero-order valence-corrected chi connectivity index (χ0v) is 12.4. The van der Waals surface area contributed by atoms with Gasteiger partial charge in [0.25, 0.3) is 0 Å². The summed E-state index contributed by atoms with van der Waals surface area (Å²) < 4.78 is 0. The fourth-order valence-corrected chi connectivity index (χ4v) is 2.76. The van der Waals surface area contributed by atoms with Crippen LogP contribution in [-0.4, -0.2) is 35.9 Å². The summed E-state index contributed by atoms with van der Waals surface area (Å²) >= 11 is 0. The van der Waals surface area contributed by atoms with E-state index in [2.05, 4.69) is 23.0 Å². The lowest BCUT2D eigenvalue weighted by Gasteiger charge is -2.21. The number of aromatic nitrogens is 1. The van der Waals surface area contributed by atoms with Crippen molar-refractivity contribution in [3.63, 3.8) is 0 Å². The van der Waals surface area contributed by atoms with Crippen molar-refractivity contribution < 1.29 is 4.79 Å². The molecular weight excluding hydrogens is 262 g/mol. The van der Waals surface area contributed by atoms with Crippen LogP contribution < -0.4 is 4.90 Å². The van der Waals surface area contributed by atoms with Crippen molar-refractivity contribution in [2.24, 2.45) is 0 Å². The predicted molar refractivity (Wildman–Crippen MR) is 84.0 cm³/mol. The topological polar surface area (TPSA) is 36.4 Å². The van der Waals surface area contributed by atoms with Crippen LogP contribution >= 0.6 is 0 Å². The molecule has 0 bridgehead atoms. The van der Waals surface area contributed by atoms with Crippen molar-refractivity contribution in [1.82, 2.24) is 9.88 Å². The van der Waals surface area contributed by atoms with Gasteiger partial charge in [-0.3, -0.25) is 9.78 Å². The van der Waals surface area contributed by atoms with Crippen LogP contribution in [0.1, 0.15) is 12.5 Å². The zero-order valence-electron chi connectivity index (χ0n) is 12.4. The van der Waals surface area contributed by atoms with Crippen LogP contribution in [0.15, 0.2) is 42.6 Å². The van der Waals surface area contributed by atoms with E-state index in [1.165, 1.54) is 5.56 Å². The molecule has 1 aliphatic rings. The Hall–Kier alpha value is -2.20. The molecular formula is C17H19N3O. The number of likely N-dealkylation sites (N-methyl/N-ethyl adjacent to an activating group) is 1. The molecule has 108 valence electrons. The maximum absolute atomic E-state index is 11.9. The van der Waals surface area contributed by atoms with E-state index in [1.54, 1.807) is 13.1 Å². The van der Waals surface area contributed by atoms with Crippen LogP contribution in [0, 0.1) is 0 Å². The molecule has 0 fully saturated rings. The summed E-state index contributed by atoms with van der Waals surface area (Å²) in [5.41, 5.74) is 4.25. The Morgan fingerprint density at radius 3 is 2.76 bits per heavy atom. The second-order valence-corrected chi connectivity index (χ2v) is 5.47. The Kier molecular flexibility index (Phi) is 3.71. The fourth-order valence-electron chi connectivity index (χ4n) is 2.76. The molecule has 0 spiro atoms. The highest BCUT2D eigenvalue weighted by atomic mass is 16.2. The predicted octanol–water partition coefficient (Wildman–Crippen LogP) is 2.55. The van der Waals surface area contributed by atoms with Crippen molar-refractivity contribution >= 4 is 11.6 Å². The molecule has 0 unspecified atom stereocenters. The van der Waals surface area contributed by atoms with Crippen LogP contribution in [0.25, 0.3) is 11.3 Å². The average molecular weight is 281 g/mol. The number of fused-ring (bicyclic) bond motifs is 1. The van der Waals surface area contributed by atoms with Gasteiger partial charge >= 0.3 is 0 Å². The van der Waals surface area contributed by atoms with E-state index in [0.29, 0.717) is 0 Å². The number of pyridine rings is 1. The first-order valence-corrected chi connectivity index (χ1v) is 7.16. The summed E-state index contributed by atoms with van der Waals surface area (Å²) in [5.74, 6) is 0.0946. The highest BCUT2D eigenvalue weighted by molar-refractivity contribution is 5.93. The lowest BCUT2D eigenvalue weighted by molar-refractivity contribution is -0.116. The molecule has 2 heterocycles. The van der Waals surface area contributed by atoms with Gasteiger partial charge in [0.1, 0.15) is 0 Å². The molecule has 1 aliphatic heterocycles. The van der Waals surface area contributed by atoms with E-state index in [9.17, 15) is 4.79 Å². The molecule has 2 aromatic rings. The molecule has 4 nitrogen and oxygen atoms in total. The van der Waals surface area contributed by atoms with Crippen molar-refractivity contribution in [3.05, 3.63) is 48.2 Å². The van der Waals surface area contributed by atoms with Gasteiger partial charge in [-0.15, -0.1) is 0 Å². The SMILES string of the molecule is CC(=O)N1CCN(C)Cc2cc(-c3ccccn3)ccc21. The summed E-state index contributed by atoms with van der Waals surface area (Å²) in [4.78, 5) is 20.4. The Balaban J connectivity index is 2.06. The minimum absolute atomic E-state index is 0.0946. The first-order chi connectivity index (χ1) is 10.1. The number of nitrogens with zero attached hydrogens (tertiary/aromatic N) is 3. The third kappa shape index (κ3) is 2.81. The van der Waals surface area contributed by atoms with E-state index in [1.807, 2.05) is 35.2 Å². The molecule has 1 aromatic heterocycles. The Morgan fingerprint density at radius 1 is 1.19 bits per heavy atom. The molecule has 1 amide bonds. The maximum atomic E-state index is 11.9. The molecule has 1 aromatic carbocycles. The van der Waals surface area contributed by atoms with E-state index in [0.717, 1.165) is 36.6 Å². The number of hydrogen-bond acceptors (Lipinski definition) is 3. The summed E-state index contributed by atoms with van der Waals surface area (Å²) in [6, 6.07) is 12.1. The number of carbonyl (C=O) groups excluding carboxylic acids is 1. The van der Waals surface area contributed by atoms with Gasteiger partial charge in [-0.25, -0.2) is 0 Å². The Labute approximate surface area is 125 Å². The number of carbonyl (C=O) groups is 1. The number of benzene rings is 1. The monoisotopic (exact) mass is 281 g/mol. The van der Waals surface area contributed by atoms with Crippen molar-refractivity contribution in [2.75, 3.05) is 25.0 Å². The number of amides is 1. The summed E-state index contributed by atoms with van der Waals surface area (Å²) in [7, 11) is 2.08. The van der Waals surface area contributed by atoms with Gasteiger partial charge in [0.05, 0.1) is 5.69 Å². The van der Waals surface area contributed by atoms with E-state index >= 15 is 0 Å². The van der Waals surface area contributed by atoms with Gasteiger partial charge in [-0.1, -0.05) is 12.1 Å². The van der Waals surface area contributed by atoms with Gasteiger partial charge in [-0.05, 0) is 36.9 Å². The van der Waals surface area contributed by atoms with Crippen molar-refractivity contribution in [2.45, 2.75) is 13.5 Å². The third-order valence-electron chi connectivity index (χ3n) is 3.86. The van der Waals surface area contributed by atoms with Gasteiger partial charge in [0.15, 0.2) is 0 Å². The molecule has 3 rings (SSSR count). The maximum Gasteiger partial charge on any atom is 0.223 e. The summed E-state index contributed by atoms with van der Waals surface area (Å²) in [6.45, 7) is 4.09. The van der Waals surface area contributed by atoms with Crippen LogP contribution in [0.3, 0.4) is 0 Å². The summed E-state index contributed by atoms with van der Waals surface area (Å²) in [6.07, 6.45) is 1.80. The van der Waals surface area contributed by atoms with Crippen LogP contribution in [-0.2, 0) is 11.3 Å². The molecule has 4 heteroatoms. The molecule has 21 heavy (non-hydrogen) atoms. The molecule has 0 aliphatic carbocycles. The van der Waals surface area contributed by atoms with Gasteiger partial charge in [0, 0.05) is 44.0 Å². The Bertz CT molecular complexity index is 654. The third-order valence-corrected chi connectivity index (χ3v) is 3.86. The van der Waals surface area contributed by atoms with Crippen molar-refractivity contribution in [1.29, 1.82) is 0 Å². The molecule has 0 saturated carbocycles. The quantitative estimate of drug-likeness (QED) is 0.806. The lowest BCUT2D eigenvalue weighted by Crippen LogP contribution is -2.33. The first-order valence-electron chi connectivity index (χ1n) is 7.16. The number of anilines is 1. The van der Waals surface area contributed by atoms with Gasteiger partial charge in [-0.2, -0.15) is 0 Å².